The standard InChI is InChI=1S/C14H11BrN2O3/c1-8-4-2-5-9(14(19)20)11(8)17-13(18)12-10(15)6-3-7-16-12/h2-7H,1H3,(H,17,18)(H,19,20). The summed E-state index contributed by atoms with van der Waals surface area (Å²) in [7, 11) is 0. The van der Waals surface area contributed by atoms with Crippen LogP contribution in [-0.4, -0.2) is 22.0 Å². The summed E-state index contributed by atoms with van der Waals surface area (Å²) in [5.74, 6) is -1.56. The molecule has 5 nitrogen and oxygen atoms in total. The van der Waals surface area contributed by atoms with Gasteiger partial charge >= 0.3 is 5.97 Å². The van der Waals surface area contributed by atoms with Crippen LogP contribution >= 0.6 is 15.9 Å². The maximum Gasteiger partial charge on any atom is 0.337 e. The Labute approximate surface area is 123 Å². The third-order valence-corrected chi connectivity index (χ3v) is 3.36. The molecule has 0 atom stereocenters. The zero-order chi connectivity index (χ0) is 14.7. The number of carbonyl (C=O) groups excluding carboxylic acids is 1. The Kier molecular flexibility index (Phi) is 4.14. The van der Waals surface area contributed by atoms with E-state index in [-0.39, 0.29) is 16.9 Å². The van der Waals surface area contributed by atoms with Gasteiger partial charge in [0.05, 0.1) is 11.3 Å². The van der Waals surface area contributed by atoms with E-state index in [9.17, 15) is 9.59 Å². The van der Waals surface area contributed by atoms with E-state index >= 15 is 0 Å². The monoisotopic (exact) mass is 334 g/mol. The topological polar surface area (TPSA) is 79.3 Å². The normalized spacial score (nSPS) is 10.1. The number of carbonyl (C=O) groups is 2. The van der Waals surface area contributed by atoms with Crippen LogP contribution in [0.3, 0.4) is 0 Å². The number of rotatable bonds is 3. The van der Waals surface area contributed by atoms with Crippen LogP contribution in [0.25, 0.3) is 0 Å². The van der Waals surface area contributed by atoms with E-state index < -0.39 is 11.9 Å². The molecular weight excluding hydrogens is 324 g/mol. The van der Waals surface area contributed by atoms with E-state index in [2.05, 4.69) is 26.2 Å². The minimum Gasteiger partial charge on any atom is -0.478 e. The number of nitrogens with one attached hydrogen (secondary N) is 1. The second-order valence-electron chi connectivity index (χ2n) is 4.09. The number of nitrogens with zero attached hydrogens (tertiary/aromatic N) is 1. The highest BCUT2D eigenvalue weighted by Crippen LogP contribution is 2.22. The molecule has 0 spiro atoms. The van der Waals surface area contributed by atoms with Crippen LogP contribution in [0.4, 0.5) is 5.69 Å². The molecule has 6 heteroatoms. The number of aryl methyl sites for hydroxylation is 1. The average molecular weight is 335 g/mol. The lowest BCUT2D eigenvalue weighted by atomic mass is 10.1. The van der Waals surface area contributed by atoms with Crippen molar-refractivity contribution >= 4 is 33.5 Å². The molecule has 0 bridgehead atoms. The van der Waals surface area contributed by atoms with E-state index in [4.69, 9.17) is 5.11 Å². The second-order valence-corrected chi connectivity index (χ2v) is 4.94. The number of para-hydroxylation sites is 1. The van der Waals surface area contributed by atoms with Crippen LogP contribution in [0.15, 0.2) is 41.0 Å². The number of aromatic carboxylic acids is 1. The van der Waals surface area contributed by atoms with Crippen LogP contribution < -0.4 is 5.32 Å². The Morgan fingerprint density at radius 2 is 2.00 bits per heavy atom. The molecule has 0 aliphatic heterocycles. The van der Waals surface area contributed by atoms with Crippen molar-refractivity contribution in [1.82, 2.24) is 4.98 Å². The van der Waals surface area contributed by atoms with Crippen molar-refractivity contribution in [2.45, 2.75) is 6.92 Å². The highest BCUT2D eigenvalue weighted by molar-refractivity contribution is 9.10. The Bertz CT molecular complexity index is 686. The molecule has 2 N–H and O–H groups in total. The van der Waals surface area contributed by atoms with Gasteiger partial charge in [-0.15, -0.1) is 0 Å². The molecule has 102 valence electrons. The number of hydrogen-bond acceptors (Lipinski definition) is 3. The largest absolute Gasteiger partial charge is 0.478 e. The van der Waals surface area contributed by atoms with E-state index in [1.54, 1.807) is 31.2 Å². The van der Waals surface area contributed by atoms with Gasteiger partial charge in [0.1, 0.15) is 5.69 Å². The number of amides is 1. The summed E-state index contributed by atoms with van der Waals surface area (Å²) in [5.41, 5.74) is 1.20. The van der Waals surface area contributed by atoms with Gasteiger partial charge in [-0.3, -0.25) is 4.79 Å². The Hall–Kier alpha value is -2.21. The Balaban J connectivity index is 2.38. The van der Waals surface area contributed by atoms with E-state index in [0.29, 0.717) is 10.0 Å². The summed E-state index contributed by atoms with van der Waals surface area (Å²) in [6.45, 7) is 1.73. The fraction of sp³-hybridized carbons (Fsp3) is 0.0714. The lowest BCUT2D eigenvalue weighted by molar-refractivity contribution is 0.0698. The predicted octanol–water partition coefficient (Wildman–Crippen LogP) is 3.10. The molecule has 1 amide bonds. The van der Waals surface area contributed by atoms with Crippen molar-refractivity contribution in [3.63, 3.8) is 0 Å². The number of pyridine rings is 1. The fourth-order valence-electron chi connectivity index (χ4n) is 1.74. The quantitative estimate of drug-likeness (QED) is 0.903. The fourth-order valence-corrected chi connectivity index (χ4v) is 2.17. The van der Waals surface area contributed by atoms with Gasteiger partial charge in [0.25, 0.3) is 5.91 Å². The van der Waals surface area contributed by atoms with Crippen LogP contribution in [0, 0.1) is 6.92 Å². The van der Waals surface area contributed by atoms with Gasteiger partial charge in [0.15, 0.2) is 0 Å². The van der Waals surface area contributed by atoms with Crippen molar-refractivity contribution in [3.05, 3.63) is 57.8 Å². The van der Waals surface area contributed by atoms with Crippen LogP contribution in [0.2, 0.25) is 0 Å². The van der Waals surface area contributed by atoms with Crippen LogP contribution in [0.1, 0.15) is 26.4 Å². The van der Waals surface area contributed by atoms with Crippen LogP contribution in [-0.2, 0) is 0 Å². The molecular formula is C14H11BrN2O3. The second kappa shape index (κ2) is 5.83. The summed E-state index contributed by atoms with van der Waals surface area (Å²) in [6.07, 6.45) is 1.50. The molecule has 0 radical (unpaired) electrons. The van der Waals surface area contributed by atoms with E-state index in [0.717, 1.165) is 0 Å². The van der Waals surface area contributed by atoms with E-state index in [1.165, 1.54) is 12.3 Å². The molecule has 0 fully saturated rings. The summed E-state index contributed by atoms with van der Waals surface area (Å²) in [4.78, 5) is 27.3. The number of anilines is 1. The van der Waals surface area contributed by atoms with Gasteiger partial charge in [0.2, 0.25) is 0 Å². The van der Waals surface area contributed by atoms with Crippen molar-refractivity contribution in [2.24, 2.45) is 0 Å². The van der Waals surface area contributed by atoms with Crippen molar-refractivity contribution < 1.29 is 14.7 Å². The zero-order valence-corrected chi connectivity index (χ0v) is 12.1. The SMILES string of the molecule is Cc1cccc(C(=O)O)c1NC(=O)c1ncccc1Br. The summed E-state index contributed by atoms with van der Waals surface area (Å²) in [6, 6.07) is 8.19. The smallest absolute Gasteiger partial charge is 0.337 e. The third-order valence-electron chi connectivity index (χ3n) is 2.72. The Morgan fingerprint density at radius 1 is 1.25 bits per heavy atom. The molecule has 0 unspecified atom stereocenters. The molecule has 0 aliphatic carbocycles. The van der Waals surface area contributed by atoms with Gasteiger partial charge < -0.3 is 10.4 Å². The van der Waals surface area contributed by atoms with Crippen molar-refractivity contribution in [2.75, 3.05) is 5.32 Å². The number of halogens is 1. The Morgan fingerprint density at radius 3 is 2.65 bits per heavy atom. The third kappa shape index (κ3) is 2.85. The molecule has 0 saturated carbocycles. The molecule has 0 aliphatic rings. The molecule has 1 aromatic carbocycles. The lowest BCUT2D eigenvalue weighted by Gasteiger charge is -2.11. The van der Waals surface area contributed by atoms with E-state index in [1.807, 2.05) is 0 Å². The lowest BCUT2D eigenvalue weighted by Crippen LogP contribution is -2.17. The molecule has 0 saturated heterocycles. The highest BCUT2D eigenvalue weighted by Gasteiger charge is 2.17. The highest BCUT2D eigenvalue weighted by atomic mass is 79.9. The minimum absolute atomic E-state index is 0.0467. The zero-order valence-electron chi connectivity index (χ0n) is 10.6. The molecule has 1 aromatic heterocycles. The maximum atomic E-state index is 12.2. The predicted molar refractivity (Wildman–Crippen MR) is 78.0 cm³/mol. The summed E-state index contributed by atoms with van der Waals surface area (Å²) >= 11 is 3.24. The first-order valence-corrected chi connectivity index (χ1v) is 6.55. The van der Waals surface area contributed by atoms with Gasteiger partial charge in [-0.1, -0.05) is 12.1 Å². The van der Waals surface area contributed by atoms with Crippen molar-refractivity contribution in [3.8, 4) is 0 Å². The molecule has 2 aromatic rings. The molecule has 20 heavy (non-hydrogen) atoms. The number of benzene rings is 1. The number of carboxylic acids is 1. The van der Waals surface area contributed by atoms with Gasteiger partial charge in [-0.2, -0.15) is 0 Å². The number of carboxylic acid groups (broad SMARTS) is 1. The molecule has 1 heterocycles. The van der Waals surface area contributed by atoms with Crippen LogP contribution in [0.5, 0.6) is 0 Å². The number of aromatic nitrogens is 1. The number of hydrogen-bond donors (Lipinski definition) is 2. The first kappa shape index (κ1) is 14.2. The van der Waals surface area contributed by atoms with Gasteiger partial charge in [-0.05, 0) is 46.6 Å². The summed E-state index contributed by atoms with van der Waals surface area (Å²) < 4.78 is 0.544. The van der Waals surface area contributed by atoms with Gasteiger partial charge in [0, 0.05) is 10.7 Å². The van der Waals surface area contributed by atoms with Gasteiger partial charge in [-0.25, -0.2) is 9.78 Å². The average Bonchev–Trinajstić information content (AvgIpc) is 2.41. The first-order valence-electron chi connectivity index (χ1n) is 5.75. The first-order chi connectivity index (χ1) is 9.50. The molecule has 2 rings (SSSR count). The maximum absolute atomic E-state index is 12.2. The van der Waals surface area contributed by atoms with Crippen molar-refractivity contribution in [1.29, 1.82) is 0 Å². The minimum atomic E-state index is -1.09. The summed E-state index contributed by atoms with van der Waals surface area (Å²) in [5, 5.41) is 11.8.